The van der Waals surface area contributed by atoms with E-state index in [1.807, 2.05) is 0 Å². The molecule has 0 unspecified atom stereocenters. The Morgan fingerprint density at radius 3 is 2.91 bits per heavy atom. The zero-order valence-corrected chi connectivity index (χ0v) is 13.3. The van der Waals surface area contributed by atoms with E-state index in [-0.39, 0.29) is 28.2 Å². The van der Waals surface area contributed by atoms with Gasteiger partial charge in [-0.25, -0.2) is 0 Å². The predicted molar refractivity (Wildman–Crippen MR) is 85.0 cm³/mol. The van der Waals surface area contributed by atoms with Gasteiger partial charge in [-0.1, -0.05) is 18.5 Å². The first-order valence-electron chi connectivity index (χ1n) is 6.56. The van der Waals surface area contributed by atoms with E-state index in [0.29, 0.717) is 18.1 Å². The third kappa shape index (κ3) is 3.50. The number of benzene rings is 1. The van der Waals surface area contributed by atoms with Gasteiger partial charge in [0.15, 0.2) is 0 Å². The monoisotopic (exact) mass is 343 g/mol. The number of anilines is 1. The van der Waals surface area contributed by atoms with Gasteiger partial charge in [0.1, 0.15) is 11.1 Å². The summed E-state index contributed by atoms with van der Waals surface area (Å²) in [5.74, 6) is 0.536. The number of hydrogen-bond donors (Lipinski definition) is 1. The molecule has 118 valence electrons. The van der Waals surface area contributed by atoms with E-state index < -0.39 is 11.0 Å². The van der Waals surface area contributed by atoms with Crippen LogP contribution in [0.3, 0.4) is 0 Å². The Bertz CT molecular complexity index is 625. The van der Waals surface area contributed by atoms with Crippen LogP contribution in [0, 0.1) is 10.1 Å². The molecule has 2 rings (SSSR count). The maximum atomic E-state index is 12.3. The minimum atomic E-state index is -0.615. The van der Waals surface area contributed by atoms with E-state index in [9.17, 15) is 19.7 Å². The Morgan fingerprint density at radius 1 is 1.55 bits per heavy atom. The van der Waals surface area contributed by atoms with Crippen LogP contribution in [0.5, 0.6) is 0 Å². The van der Waals surface area contributed by atoms with Crippen molar-refractivity contribution in [3.63, 3.8) is 0 Å². The van der Waals surface area contributed by atoms with Crippen LogP contribution in [0.15, 0.2) is 18.2 Å². The van der Waals surface area contributed by atoms with Crippen molar-refractivity contribution in [2.24, 2.45) is 0 Å². The van der Waals surface area contributed by atoms with Crippen LogP contribution in [0.25, 0.3) is 0 Å². The van der Waals surface area contributed by atoms with Gasteiger partial charge in [-0.2, -0.15) is 0 Å². The lowest BCUT2D eigenvalue weighted by atomic mass is 10.2. The summed E-state index contributed by atoms with van der Waals surface area (Å²) in [5.41, 5.74) is 0.00338. The van der Waals surface area contributed by atoms with Gasteiger partial charge < -0.3 is 10.2 Å². The second kappa shape index (κ2) is 6.97. The molecule has 1 aromatic carbocycles. The number of amides is 2. The molecule has 1 fully saturated rings. The smallest absolute Gasteiger partial charge is 0.289 e. The Hall–Kier alpha value is -1.80. The fourth-order valence-electron chi connectivity index (χ4n) is 2.06. The molecule has 1 aliphatic rings. The zero-order chi connectivity index (χ0) is 16.3. The van der Waals surface area contributed by atoms with Crippen molar-refractivity contribution in [3.8, 4) is 0 Å². The van der Waals surface area contributed by atoms with Crippen LogP contribution in [-0.4, -0.2) is 39.3 Å². The molecule has 1 aromatic rings. The number of nitro benzene ring substituents is 1. The summed E-state index contributed by atoms with van der Waals surface area (Å²) in [7, 11) is 0. The number of carbonyl (C=O) groups is 2. The molecule has 22 heavy (non-hydrogen) atoms. The first-order valence-corrected chi connectivity index (χ1v) is 8.09. The third-order valence-electron chi connectivity index (χ3n) is 3.22. The molecule has 0 radical (unpaired) electrons. The molecule has 1 heterocycles. The molecule has 1 atom stereocenters. The van der Waals surface area contributed by atoms with Crippen molar-refractivity contribution in [1.29, 1.82) is 0 Å². The predicted octanol–water partition coefficient (Wildman–Crippen LogP) is 2.50. The average Bonchev–Trinajstić information content (AvgIpc) is 2.97. The summed E-state index contributed by atoms with van der Waals surface area (Å²) < 4.78 is 0. The van der Waals surface area contributed by atoms with Gasteiger partial charge >= 0.3 is 0 Å². The van der Waals surface area contributed by atoms with Crippen LogP contribution in [0.2, 0.25) is 5.02 Å². The molecule has 0 aliphatic carbocycles. The first-order chi connectivity index (χ1) is 10.4. The summed E-state index contributed by atoms with van der Waals surface area (Å²) in [6.45, 7) is 1.74. The third-order valence-corrected chi connectivity index (χ3v) is 4.55. The van der Waals surface area contributed by atoms with E-state index in [0.717, 1.165) is 0 Å². The molecule has 1 N–H and O–H groups in total. The Kier molecular flexibility index (Phi) is 5.25. The highest BCUT2D eigenvalue weighted by atomic mass is 35.5. The van der Waals surface area contributed by atoms with Crippen molar-refractivity contribution in [3.05, 3.63) is 33.3 Å². The van der Waals surface area contributed by atoms with Gasteiger partial charge in [0.05, 0.1) is 10.8 Å². The number of rotatable bonds is 4. The molecule has 7 nitrogen and oxygen atoms in total. The largest absolute Gasteiger partial charge is 0.324 e. The zero-order valence-electron chi connectivity index (χ0n) is 11.7. The van der Waals surface area contributed by atoms with E-state index in [4.69, 9.17) is 11.6 Å². The summed E-state index contributed by atoms with van der Waals surface area (Å²) in [6.07, 6.45) is 0.330. The lowest BCUT2D eigenvalue weighted by molar-refractivity contribution is -0.384. The van der Waals surface area contributed by atoms with Crippen LogP contribution in [0.4, 0.5) is 11.4 Å². The lowest BCUT2D eigenvalue weighted by Crippen LogP contribution is -2.44. The quantitative estimate of drug-likeness (QED) is 0.669. The average molecular weight is 344 g/mol. The molecule has 1 aliphatic heterocycles. The number of halogens is 1. The van der Waals surface area contributed by atoms with E-state index in [1.165, 1.54) is 34.9 Å². The van der Waals surface area contributed by atoms with Gasteiger partial charge in [-0.15, -0.1) is 11.8 Å². The van der Waals surface area contributed by atoms with Crippen molar-refractivity contribution in [2.75, 3.05) is 16.9 Å². The molecule has 9 heteroatoms. The highest BCUT2D eigenvalue weighted by molar-refractivity contribution is 7.99. The van der Waals surface area contributed by atoms with Crippen molar-refractivity contribution < 1.29 is 14.5 Å². The van der Waals surface area contributed by atoms with E-state index in [2.05, 4.69) is 5.32 Å². The summed E-state index contributed by atoms with van der Waals surface area (Å²) >= 11 is 7.23. The lowest BCUT2D eigenvalue weighted by Gasteiger charge is -2.22. The van der Waals surface area contributed by atoms with Gasteiger partial charge in [0, 0.05) is 23.9 Å². The van der Waals surface area contributed by atoms with Crippen LogP contribution < -0.4 is 5.32 Å². The molecule has 2 amide bonds. The summed E-state index contributed by atoms with van der Waals surface area (Å²) in [4.78, 5) is 35.8. The maximum absolute atomic E-state index is 12.3. The van der Waals surface area contributed by atoms with Crippen molar-refractivity contribution in [1.82, 2.24) is 4.90 Å². The number of carbonyl (C=O) groups excluding carboxylic acids is 2. The standard InChI is InChI=1S/C13H14ClN3O4S/c1-2-12(18)16-7-22-6-11(16)13(19)15-8-3-4-9(14)10(5-8)17(20)21/h3-5,11H,2,6-7H2,1H3,(H,15,19)/t11-/m1/s1. The summed E-state index contributed by atoms with van der Waals surface area (Å²) in [5, 5.41) is 13.5. The molecule has 0 saturated carbocycles. The highest BCUT2D eigenvalue weighted by Gasteiger charge is 2.34. The second-order valence-corrected chi connectivity index (χ2v) is 6.05. The Balaban J connectivity index is 2.13. The maximum Gasteiger partial charge on any atom is 0.289 e. The molecule has 1 saturated heterocycles. The normalized spacial score (nSPS) is 17.4. The number of nitrogens with one attached hydrogen (secondary N) is 1. The van der Waals surface area contributed by atoms with E-state index >= 15 is 0 Å². The fourth-order valence-corrected chi connectivity index (χ4v) is 3.43. The molecule has 0 spiro atoms. The van der Waals surface area contributed by atoms with Gasteiger partial charge in [0.2, 0.25) is 11.8 Å². The van der Waals surface area contributed by atoms with Crippen LogP contribution in [0.1, 0.15) is 13.3 Å². The number of nitrogens with zero attached hydrogens (tertiary/aromatic N) is 2. The number of nitro groups is 1. The highest BCUT2D eigenvalue weighted by Crippen LogP contribution is 2.28. The molecule has 0 aromatic heterocycles. The van der Waals surface area contributed by atoms with Crippen molar-refractivity contribution >= 4 is 46.6 Å². The van der Waals surface area contributed by atoms with E-state index in [1.54, 1.807) is 6.92 Å². The second-order valence-electron chi connectivity index (χ2n) is 4.65. The molecular weight excluding hydrogens is 330 g/mol. The first kappa shape index (κ1) is 16.6. The topological polar surface area (TPSA) is 92.6 Å². The molecular formula is C13H14ClN3O4S. The SMILES string of the molecule is CCC(=O)N1CSC[C@@H]1C(=O)Nc1ccc(Cl)c([N+](=O)[O-])c1. The van der Waals surface area contributed by atoms with Crippen molar-refractivity contribution in [2.45, 2.75) is 19.4 Å². The Morgan fingerprint density at radius 2 is 2.27 bits per heavy atom. The van der Waals surface area contributed by atoms with Crippen LogP contribution in [-0.2, 0) is 9.59 Å². The fraction of sp³-hybridized carbons (Fsp3) is 0.385. The minimum Gasteiger partial charge on any atom is -0.324 e. The number of thioether (sulfide) groups is 1. The van der Waals surface area contributed by atoms with Crippen LogP contribution >= 0.6 is 23.4 Å². The summed E-state index contributed by atoms with van der Waals surface area (Å²) in [6, 6.07) is 3.48. The Labute approximate surface area is 136 Å². The number of hydrogen-bond acceptors (Lipinski definition) is 5. The van der Waals surface area contributed by atoms with Gasteiger partial charge in [-0.05, 0) is 12.1 Å². The van der Waals surface area contributed by atoms with Gasteiger partial charge in [-0.3, -0.25) is 19.7 Å². The van der Waals surface area contributed by atoms with Gasteiger partial charge in [0.25, 0.3) is 5.69 Å². The molecule has 0 bridgehead atoms. The minimum absolute atomic E-state index is 0.00204.